The first kappa shape index (κ1) is 15.7. The highest BCUT2D eigenvalue weighted by molar-refractivity contribution is 5.82. The van der Waals surface area contributed by atoms with Gasteiger partial charge in [0.05, 0.1) is 0 Å². The molecule has 0 aliphatic heterocycles. The lowest BCUT2D eigenvalue weighted by atomic mass is 10.1. The van der Waals surface area contributed by atoms with Crippen molar-refractivity contribution in [1.82, 2.24) is 10.6 Å². The summed E-state index contributed by atoms with van der Waals surface area (Å²) in [5.41, 5.74) is 0. The number of ether oxygens (including phenoxy) is 1. The van der Waals surface area contributed by atoms with Crippen LogP contribution in [-0.4, -0.2) is 43.4 Å². The Bertz CT molecular complexity index is 244. The molecule has 3 N–H and O–H groups in total. The molecule has 0 radical (unpaired) electrons. The molecule has 0 aromatic heterocycles. The maximum Gasteiger partial charge on any atom is 0.326 e. The lowest BCUT2D eigenvalue weighted by Crippen LogP contribution is -2.46. The van der Waals surface area contributed by atoms with Crippen LogP contribution in [-0.2, 0) is 9.53 Å². The largest absolute Gasteiger partial charge is 0.480 e. The summed E-state index contributed by atoms with van der Waals surface area (Å²) in [7, 11) is 1.49. The highest BCUT2D eigenvalue weighted by Gasteiger charge is 2.19. The molecule has 0 aromatic carbocycles. The number of aliphatic carboxylic acids is 1. The number of nitrogens with one attached hydrogen (secondary N) is 2. The fourth-order valence-electron chi connectivity index (χ4n) is 1.18. The van der Waals surface area contributed by atoms with Crippen LogP contribution in [0.2, 0.25) is 0 Å². The molecule has 0 rings (SSSR count). The van der Waals surface area contributed by atoms with Crippen LogP contribution < -0.4 is 10.6 Å². The fourth-order valence-corrected chi connectivity index (χ4v) is 1.18. The lowest BCUT2D eigenvalue weighted by Gasteiger charge is -2.15. The monoisotopic (exact) mass is 246 g/mol. The van der Waals surface area contributed by atoms with Crippen LogP contribution in [0.15, 0.2) is 0 Å². The van der Waals surface area contributed by atoms with Crippen LogP contribution in [0.3, 0.4) is 0 Å². The second kappa shape index (κ2) is 8.81. The van der Waals surface area contributed by atoms with E-state index < -0.39 is 18.0 Å². The molecule has 6 nitrogen and oxygen atoms in total. The molecule has 0 saturated heterocycles. The molecule has 0 aliphatic rings. The summed E-state index contributed by atoms with van der Waals surface area (Å²) in [6.45, 7) is 4.94. The Kier molecular flexibility index (Phi) is 8.13. The number of hydrogen-bond donors (Lipinski definition) is 3. The van der Waals surface area contributed by atoms with Gasteiger partial charge in [0.2, 0.25) is 0 Å². The number of hydrogen-bond acceptors (Lipinski definition) is 3. The number of carbonyl (C=O) groups excluding carboxylic acids is 1. The molecule has 0 heterocycles. The van der Waals surface area contributed by atoms with Crippen molar-refractivity contribution in [3.05, 3.63) is 0 Å². The number of rotatable bonds is 8. The topological polar surface area (TPSA) is 87.7 Å². The van der Waals surface area contributed by atoms with E-state index >= 15 is 0 Å². The standard InChI is InChI=1S/C11H22N2O4/c1-8(2)4-6-12-11(16)13-9(10(14)15)5-7-17-3/h8-9H,4-7H2,1-3H3,(H,14,15)(H2,12,13,16). The first-order chi connectivity index (χ1) is 7.97. The number of urea groups is 1. The van der Waals surface area contributed by atoms with Crippen molar-refractivity contribution >= 4 is 12.0 Å². The highest BCUT2D eigenvalue weighted by atomic mass is 16.5. The summed E-state index contributed by atoms with van der Waals surface area (Å²) < 4.78 is 4.78. The number of amides is 2. The zero-order valence-electron chi connectivity index (χ0n) is 10.7. The summed E-state index contributed by atoms with van der Waals surface area (Å²) in [4.78, 5) is 22.2. The van der Waals surface area contributed by atoms with E-state index in [2.05, 4.69) is 24.5 Å². The van der Waals surface area contributed by atoms with E-state index in [1.165, 1.54) is 7.11 Å². The molecule has 17 heavy (non-hydrogen) atoms. The summed E-state index contributed by atoms with van der Waals surface area (Å²) in [5, 5.41) is 13.9. The third-order valence-corrected chi connectivity index (χ3v) is 2.22. The van der Waals surface area contributed by atoms with Crippen molar-refractivity contribution in [1.29, 1.82) is 0 Å². The van der Waals surface area contributed by atoms with E-state index in [4.69, 9.17) is 9.84 Å². The quantitative estimate of drug-likeness (QED) is 0.591. The van der Waals surface area contributed by atoms with Crippen molar-refractivity contribution in [2.45, 2.75) is 32.7 Å². The molecule has 1 unspecified atom stereocenters. The number of carboxylic acids is 1. The van der Waals surface area contributed by atoms with Gasteiger partial charge in [0.25, 0.3) is 0 Å². The smallest absolute Gasteiger partial charge is 0.326 e. The maximum atomic E-state index is 11.4. The van der Waals surface area contributed by atoms with Gasteiger partial charge >= 0.3 is 12.0 Å². The van der Waals surface area contributed by atoms with Crippen LogP contribution in [0.25, 0.3) is 0 Å². The van der Waals surface area contributed by atoms with Crippen molar-refractivity contribution in [3.63, 3.8) is 0 Å². The van der Waals surface area contributed by atoms with Gasteiger partial charge in [-0.15, -0.1) is 0 Å². The summed E-state index contributed by atoms with van der Waals surface area (Å²) in [5.74, 6) is -0.555. The van der Waals surface area contributed by atoms with Gasteiger partial charge < -0.3 is 20.5 Å². The average molecular weight is 246 g/mol. The van der Waals surface area contributed by atoms with Gasteiger partial charge in [-0.05, 0) is 12.3 Å². The Balaban J connectivity index is 3.91. The van der Waals surface area contributed by atoms with E-state index in [0.717, 1.165) is 6.42 Å². The second-order valence-electron chi connectivity index (χ2n) is 4.26. The number of carboxylic acid groups (broad SMARTS) is 1. The predicted molar refractivity (Wildman–Crippen MR) is 63.9 cm³/mol. The van der Waals surface area contributed by atoms with Gasteiger partial charge in [-0.3, -0.25) is 0 Å². The minimum Gasteiger partial charge on any atom is -0.480 e. The lowest BCUT2D eigenvalue weighted by molar-refractivity contribution is -0.139. The predicted octanol–water partition coefficient (Wildman–Crippen LogP) is 0.821. The molecule has 0 bridgehead atoms. The van der Waals surface area contributed by atoms with Crippen LogP contribution in [0.5, 0.6) is 0 Å². The van der Waals surface area contributed by atoms with Gasteiger partial charge in [-0.2, -0.15) is 0 Å². The van der Waals surface area contributed by atoms with Gasteiger partial charge in [0.15, 0.2) is 0 Å². The molecule has 6 heteroatoms. The number of methoxy groups -OCH3 is 1. The normalized spacial score (nSPS) is 12.2. The van der Waals surface area contributed by atoms with Crippen molar-refractivity contribution < 1.29 is 19.4 Å². The molecule has 0 fully saturated rings. The second-order valence-corrected chi connectivity index (χ2v) is 4.26. The van der Waals surface area contributed by atoms with Gasteiger partial charge in [0.1, 0.15) is 6.04 Å². The van der Waals surface area contributed by atoms with E-state index in [1.54, 1.807) is 0 Å². The zero-order valence-corrected chi connectivity index (χ0v) is 10.7. The van der Waals surface area contributed by atoms with E-state index in [1.807, 2.05) is 0 Å². The molecule has 0 spiro atoms. The Hall–Kier alpha value is -1.30. The van der Waals surface area contributed by atoms with Gasteiger partial charge in [0, 0.05) is 26.7 Å². The van der Waals surface area contributed by atoms with E-state index in [0.29, 0.717) is 19.1 Å². The van der Waals surface area contributed by atoms with Gasteiger partial charge in [-0.1, -0.05) is 13.8 Å². The summed E-state index contributed by atoms with van der Waals surface area (Å²) in [6, 6.07) is -1.36. The minimum absolute atomic E-state index is 0.253. The van der Waals surface area contributed by atoms with Crippen LogP contribution in [0.4, 0.5) is 4.79 Å². The average Bonchev–Trinajstić information content (AvgIpc) is 2.23. The fraction of sp³-hybridized carbons (Fsp3) is 0.818. The molecule has 1 atom stereocenters. The van der Waals surface area contributed by atoms with Crippen LogP contribution in [0, 0.1) is 5.92 Å². The van der Waals surface area contributed by atoms with Crippen molar-refractivity contribution in [2.24, 2.45) is 5.92 Å². The Morgan fingerprint density at radius 1 is 1.29 bits per heavy atom. The number of carbonyl (C=O) groups is 2. The summed E-state index contributed by atoms with van der Waals surface area (Å²) in [6.07, 6.45) is 1.12. The summed E-state index contributed by atoms with van der Waals surface area (Å²) >= 11 is 0. The van der Waals surface area contributed by atoms with E-state index in [-0.39, 0.29) is 6.42 Å². The SMILES string of the molecule is COCCC(NC(=O)NCCC(C)C)C(=O)O. The molecule has 0 aromatic rings. The van der Waals surface area contributed by atoms with Crippen molar-refractivity contribution in [3.8, 4) is 0 Å². The zero-order chi connectivity index (χ0) is 13.3. The highest BCUT2D eigenvalue weighted by Crippen LogP contribution is 1.97. The van der Waals surface area contributed by atoms with Crippen LogP contribution >= 0.6 is 0 Å². The first-order valence-corrected chi connectivity index (χ1v) is 5.73. The third-order valence-electron chi connectivity index (χ3n) is 2.22. The minimum atomic E-state index is -1.05. The molecule has 0 aliphatic carbocycles. The molecule has 2 amide bonds. The first-order valence-electron chi connectivity index (χ1n) is 5.73. The van der Waals surface area contributed by atoms with Gasteiger partial charge in [-0.25, -0.2) is 9.59 Å². The Labute approximate surface area is 102 Å². The molecule has 0 saturated carbocycles. The Morgan fingerprint density at radius 3 is 2.41 bits per heavy atom. The maximum absolute atomic E-state index is 11.4. The molecule has 100 valence electrons. The van der Waals surface area contributed by atoms with E-state index in [9.17, 15) is 9.59 Å². The van der Waals surface area contributed by atoms with Crippen molar-refractivity contribution in [2.75, 3.05) is 20.3 Å². The third kappa shape index (κ3) is 8.50. The van der Waals surface area contributed by atoms with Crippen LogP contribution in [0.1, 0.15) is 26.7 Å². The molecular formula is C11H22N2O4. The Morgan fingerprint density at radius 2 is 1.94 bits per heavy atom. The molecular weight excluding hydrogens is 224 g/mol.